The Morgan fingerprint density at radius 2 is 1.83 bits per heavy atom. The SMILES string of the molecule is CC[NH+](CC)CCOC(=O)/C(=C\c1ccco1)c1ccccc1.[Cl-]. The van der Waals surface area contributed by atoms with E-state index in [1.165, 1.54) is 4.90 Å². The quantitative estimate of drug-likeness (QED) is 0.506. The predicted molar refractivity (Wildman–Crippen MR) is 90.9 cm³/mol. The van der Waals surface area contributed by atoms with Gasteiger partial charge in [0.1, 0.15) is 18.9 Å². The number of esters is 1. The van der Waals surface area contributed by atoms with Crippen molar-refractivity contribution >= 4 is 17.6 Å². The second-order valence-electron chi connectivity index (χ2n) is 5.28. The van der Waals surface area contributed by atoms with Crippen molar-refractivity contribution < 1.29 is 31.3 Å². The molecule has 2 rings (SSSR count). The second-order valence-corrected chi connectivity index (χ2v) is 5.28. The molecule has 0 fully saturated rings. The van der Waals surface area contributed by atoms with E-state index in [2.05, 4.69) is 13.8 Å². The van der Waals surface area contributed by atoms with Crippen LogP contribution in [0.5, 0.6) is 0 Å². The van der Waals surface area contributed by atoms with Gasteiger partial charge in [-0.1, -0.05) is 30.3 Å². The lowest BCUT2D eigenvalue weighted by atomic mass is 10.1. The largest absolute Gasteiger partial charge is 1.00 e. The van der Waals surface area contributed by atoms with Gasteiger partial charge >= 0.3 is 5.97 Å². The van der Waals surface area contributed by atoms with E-state index in [9.17, 15) is 4.79 Å². The van der Waals surface area contributed by atoms with Crippen molar-refractivity contribution in [2.75, 3.05) is 26.2 Å². The van der Waals surface area contributed by atoms with Gasteiger partial charge in [-0.25, -0.2) is 4.79 Å². The first-order valence-corrected chi connectivity index (χ1v) is 8.05. The first kappa shape index (κ1) is 20.0. The Kier molecular flexibility index (Phi) is 8.90. The molecule has 5 heteroatoms. The van der Waals surface area contributed by atoms with Gasteiger partial charge in [-0.15, -0.1) is 0 Å². The van der Waals surface area contributed by atoms with Gasteiger partial charge in [0.25, 0.3) is 0 Å². The maximum Gasteiger partial charge on any atom is 0.339 e. The van der Waals surface area contributed by atoms with Crippen molar-refractivity contribution in [2.45, 2.75) is 13.8 Å². The van der Waals surface area contributed by atoms with Crippen LogP contribution in [0, 0.1) is 0 Å². The van der Waals surface area contributed by atoms with Gasteiger partial charge in [0.2, 0.25) is 0 Å². The minimum absolute atomic E-state index is 0. The number of halogens is 1. The molecule has 4 nitrogen and oxygen atoms in total. The lowest BCUT2D eigenvalue weighted by molar-refractivity contribution is -0.896. The number of quaternary nitrogens is 1. The van der Waals surface area contributed by atoms with Crippen molar-refractivity contribution in [1.82, 2.24) is 0 Å². The summed E-state index contributed by atoms with van der Waals surface area (Å²) in [6, 6.07) is 13.1. The molecular formula is C19H24ClNO3. The molecule has 1 aromatic carbocycles. The molecule has 0 aliphatic carbocycles. The third kappa shape index (κ3) is 5.87. The van der Waals surface area contributed by atoms with Crippen LogP contribution in [0.2, 0.25) is 0 Å². The molecule has 0 amide bonds. The number of benzene rings is 1. The maximum absolute atomic E-state index is 12.5. The number of furan rings is 1. The number of hydrogen-bond donors (Lipinski definition) is 1. The lowest BCUT2D eigenvalue weighted by Crippen LogP contribution is -3.11. The van der Waals surface area contributed by atoms with E-state index < -0.39 is 0 Å². The Bertz CT molecular complexity index is 619. The highest BCUT2D eigenvalue weighted by atomic mass is 35.5. The molecule has 1 N–H and O–H groups in total. The van der Waals surface area contributed by atoms with E-state index >= 15 is 0 Å². The van der Waals surface area contributed by atoms with Crippen molar-refractivity contribution in [2.24, 2.45) is 0 Å². The molecule has 1 aromatic heterocycles. The normalized spacial score (nSPS) is 11.2. The molecule has 0 saturated heterocycles. The van der Waals surface area contributed by atoms with Crippen LogP contribution in [-0.4, -0.2) is 32.2 Å². The summed E-state index contributed by atoms with van der Waals surface area (Å²) in [5.41, 5.74) is 1.33. The smallest absolute Gasteiger partial charge is 0.339 e. The summed E-state index contributed by atoms with van der Waals surface area (Å²) in [6.07, 6.45) is 3.31. The molecule has 130 valence electrons. The van der Waals surface area contributed by atoms with Gasteiger partial charge in [0.15, 0.2) is 0 Å². The Morgan fingerprint density at radius 3 is 2.42 bits per heavy atom. The number of ether oxygens (including phenoxy) is 1. The van der Waals surface area contributed by atoms with Crippen LogP contribution in [0.3, 0.4) is 0 Å². The number of carbonyl (C=O) groups excluding carboxylic acids is 1. The summed E-state index contributed by atoms with van der Waals surface area (Å²) in [5.74, 6) is 0.314. The molecule has 24 heavy (non-hydrogen) atoms. The van der Waals surface area contributed by atoms with E-state index in [1.54, 1.807) is 18.4 Å². The molecular weight excluding hydrogens is 326 g/mol. The number of carbonyl (C=O) groups is 1. The van der Waals surface area contributed by atoms with Crippen molar-refractivity contribution in [1.29, 1.82) is 0 Å². The highest BCUT2D eigenvalue weighted by molar-refractivity contribution is 6.21. The molecule has 0 saturated carbocycles. The third-order valence-corrected chi connectivity index (χ3v) is 3.82. The van der Waals surface area contributed by atoms with Gasteiger partial charge < -0.3 is 26.5 Å². The molecule has 0 bridgehead atoms. The summed E-state index contributed by atoms with van der Waals surface area (Å²) in [4.78, 5) is 13.9. The molecule has 2 aromatic rings. The van der Waals surface area contributed by atoms with Crippen LogP contribution in [-0.2, 0) is 9.53 Å². The van der Waals surface area contributed by atoms with Gasteiger partial charge in [-0.3, -0.25) is 0 Å². The first-order chi connectivity index (χ1) is 11.2. The summed E-state index contributed by atoms with van der Waals surface area (Å²) < 4.78 is 10.8. The molecule has 0 aliphatic heterocycles. The fourth-order valence-corrected chi connectivity index (χ4v) is 2.36. The Morgan fingerprint density at radius 1 is 1.12 bits per heavy atom. The zero-order valence-corrected chi connectivity index (χ0v) is 14.9. The fourth-order valence-electron chi connectivity index (χ4n) is 2.36. The molecule has 0 unspecified atom stereocenters. The summed E-state index contributed by atoms with van der Waals surface area (Å²) in [6.45, 7) is 7.56. The van der Waals surface area contributed by atoms with Crippen LogP contribution in [0.25, 0.3) is 11.6 Å². The number of likely N-dealkylation sites (N-methyl/N-ethyl adjacent to an activating group) is 1. The molecule has 0 aliphatic rings. The average molecular weight is 350 g/mol. The number of hydrogen-bond acceptors (Lipinski definition) is 3. The Labute approximate surface area is 149 Å². The number of nitrogens with one attached hydrogen (secondary N) is 1. The van der Waals surface area contributed by atoms with Crippen molar-refractivity contribution in [3.8, 4) is 0 Å². The first-order valence-electron chi connectivity index (χ1n) is 8.05. The average Bonchev–Trinajstić information content (AvgIpc) is 3.10. The summed E-state index contributed by atoms with van der Waals surface area (Å²) in [5, 5.41) is 0. The van der Waals surface area contributed by atoms with E-state index in [-0.39, 0.29) is 18.4 Å². The lowest BCUT2D eigenvalue weighted by Gasteiger charge is -2.15. The van der Waals surface area contributed by atoms with Crippen molar-refractivity contribution in [3.63, 3.8) is 0 Å². The highest BCUT2D eigenvalue weighted by Gasteiger charge is 2.15. The van der Waals surface area contributed by atoms with E-state index in [0.29, 0.717) is 17.9 Å². The van der Waals surface area contributed by atoms with Gasteiger partial charge in [0.05, 0.1) is 24.9 Å². The van der Waals surface area contributed by atoms with Crippen LogP contribution in [0.1, 0.15) is 25.2 Å². The van der Waals surface area contributed by atoms with Crippen LogP contribution in [0.15, 0.2) is 53.1 Å². The minimum atomic E-state index is -0.320. The van der Waals surface area contributed by atoms with Gasteiger partial charge in [0, 0.05) is 0 Å². The molecule has 0 spiro atoms. The second kappa shape index (κ2) is 10.7. The highest BCUT2D eigenvalue weighted by Crippen LogP contribution is 2.20. The Balaban J connectivity index is 0.00000288. The number of rotatable bonds is 8. The predicted octanol–water partition coefficient (Wildman–Crippen LogP) is -0.708. The summed E-state index contributed by atoms with van der Waals surface area (Å²) in [7, 11) is 0. The summed E-state index contributed by atoms with van der Waals surface area (Å²) >= 11 is 0. The maximum atomic E-state index is 12.5. The van der Waals surface area contributed by atoms with E-state index in [1.807, 2.05) is 36.4 Å². The minimum Gasteiger partial charge on any atom is -1.00 e. The third-order valence-electron chi connectivity index (χ3n) is 3.82. The molecule has 0 atom stereocenters. The van der Waals surface area contributed by atoms with Crippen LogP contribution < -0.4 is 17.3 Å². The zero-order valence-electron chi connectivity index (χ0n) is 14.1. The van der Waals surface area contributed by atoms with Crippen LogP contribution in [0.4, 0.5) is 0 Å². The molecule has 1 heterocycles. The van der Waals surface area contributed by atoms with E-state index in [0.717, 1.165) is 25.2 Å². The van der Waals surface area contributed by atoms with E-state index in [4.69, 9.17) is 9.15 Å². The molecule has 0 radical (unpaired) electrons. The topological polar surface area (TPSA) is 43.9 Å². The standard InChI is InChI=1S/C19H23NO3.ClH/c1-3-20(4-2)12-14-23-19(21)18(15-17-11-8-13-22-17)16-9-6-5-7-10-16;/h5-11,13,15H,3-4,12,14H2,1-2H3;1H/b18-15-;. The zero-order chi connectivity index (χ0) is 16.5. The Hall–Kier alpha value is -2.04. The van der Waals surface area contributed by atoms with Gasteiger partial charge in [-0.2, -0.15) is 0 Å². The fraction of sp³-hybridized carbons (Fsp3) is 0.316. The van der Waals surface area contributed by atoms with Gasteiger partial charge in [-0.05, 0) is 37.6 Å². The van der Waals surface area contributed by atoms with Crippen molar-refractivity contribution in [3.05, 3.63) is 60.1 Å². The van der Waals surface area contributed by atoms with Crippen LogP contribution >= 0.6 is 0 Å². The monoisotopic (exact) mass is 349 g/mol.